The Morgan fingerprint density at radius 3 is 1.87 bits per heavy atom. The predicted octanol–water partition coefficient (Wildman–Crippen LogP) is 12.1. The maximum atomic E-state index is 5.13. The van der Waals surface area contributed by atoms with Crippen molar-refractivity contribution in [3.8, 4) is 22.5 Å². The van der Waals surface area contributed by atoms with Crippen LogP contribution in [0.3, 0.4) is 0 Å². The molecule has 2 heterocycles. The van der Waals surface area contributed by atoms with Crippen LogP contribution in [0, 0.1) is 0 Å². The number of hydrogen-bond acceptors (Lipinski definition) is 2. The lowest BCUT2D eigenvalue weighted by Crippen LogP contribution is -2.44. The van der Waals surface area contributed by atoms with E-state index in [9.17, 15) is 0 Å². The highest BCUT2D eigenvalue weighted by atomic mass is 15.2. The van der Waals surface area contributed by atoms with Gasteiger partial charge in [0.25, 0.3) is 0 Å². The Kier molecular flexibility index (Phi) is 7.85. The molecule has 4 heteroatoms. The van der Waals surface area contributed by atoms with Crippen LogP contribution in [0.5, 0.6) is 0 Å². The summed E-state index contributed by atoms with van der Waals surface area (Å²) in [4.78, 5) is 11.6. The quantitative estimate of drug-likeness (QED) is 0.184. The third-order valence-electron chi connectivity index (χ3n) is 13.9. The number of anilines is 3. The Balaban J connectivity index is 1.35. The molecule has 0 radical (unpaired) electrons. The second-order valence-electron chi connectivity index (χ2n) is 20.7. The molecule has 5 aromatic carbocycles. The molecule has 0 saturated carbocycles. The van der Waals surface area contributed by atoms with Gasteiger partial charge in [0, 0.05) is 28.2 Å². The average Bonchev–Trinajstić information content (AvgIpc) is 3.59. The third kappa shape index (κ3) is 5.80. The Morgan fingerprint density at radius 2 is 1.22 bits per heavy atom. The second kappa shape index (κ2) is 12.0. The summed E-state index contributed by atoms with van der Waals surface area (Å²) in [5, 5.41) is 0. The molecule has 3 aliphatic rings. The van der Waals surface area contributed by atoms with Crippen LogP contribution < -0.4 is 15.8 Å². The Labute approximate surface area is 330 Å². The number of H-pyrrole nitrogens is 1. The number of aromatic nitrogens is 2. The third-order valence-corrected chi connectivity index (χ3v) is 13.9. The predicted molar refractivity (Wildman–Crippen MR) is 237 cm³/mol. The van der Waals surface area contributed by atoms with Gasteiger partial charge in [-0.15, -0.1) is 0 Å². The van der Waals surface area contributed by atoms with E-state index in [-0.39, 0.29) is 27.1 Å². The zero-order valence-corrected chi connectivity index (χ0v) is 35.1. The molecule has 0 amide bonds. The second-order valence-corrected chi connectivity index (χ2v) is 20.7. The van der Waals surface area contributed by atoms with Gasteiger partial charge < -0.3 is 9.88 Å². The zero-order valence-electron chi connectivity index (χ0n) is 35.1. The monoisotopic (exact) mass is 723 g/mol. The number of para-hydroxylation sites is 1. The minimum Gasteiger partial charge on any atom is -0.337 e. The first-order chi connectivity index (χ1) is 25.8. The molecule has 0 atom stereocenters. The standard InChI is InChI=1S/C51H58BN3/c1-47(2,3)32-26-35(34-18-15-19-41-45(34)54-46(53-41)31-16-13-12-14-17-31)44-43(27-32)55(33-20-21-36-37(28-33)49(6,7)23-22-48(36,4)5)42-30-39-38(29-40(42)52-44)50(8,9)24-25-51(39,10)11/h12-21,26-30,52H,22-25H2,1-11H3,(H,53,54). The van der Waals surface area contributed by atoms with Gasteiger partial charge in [0.15, 0.2) is 7.28 Å². The summed E-state index contributed by atoms with van der Waals surface area (Å²) in [5.74, 6) is 0.909. The molecule has 0 spiro atoms. The van der Waals surface area contributed by atoms with E-state index in [1.807, 2.05) is 0 Å². The average molecular weight is 724 g/mol. The summed E-state index contributed by atoms with van der Waals surface area (Å²) >= 11 is 0. The maximum absolute atomic E-state index is 5.13. The molecule has 280 valence electrons. The van der Waals surface area contributed by atoms with Crippen molar-refractivity contribution in [2.24, 2.45) is 0 Å². The van der Waals surface area contributed by atoms with Crippen molar-refractivity contribution >= 4 is 46.3 Å². The summed E-state index contributed by atoms with van der Waals surface area (Å²) < 4.78 is 0. The van der Waals surface area contributed by atoms with Gasteiger partial charge in [0.05, 0.1) is 11.0 Å². The van der Waals surface area contributed by atoms with Crippen molar-refractivity contribution in [2.45, 2.75) is 129 Å². The number of benzene rings is 5. The van der Waals surface area contributed by atoms with E-state index in [1.165, 1.54) is 92.6 Å². The molecule has 0 saturated heterocycles. The van der Waals surface area contributed by atoms with Crippen LogP contribution in [0.25, 0.3) is 33.5 Å². The topological polar surface area (TPSA) is 31.9 Å². The summed E-state index contributed by atoms with van der Waals surface area (Å²) in [6, 6.07) is 34.8. The van der Waals surface area contributed by atoms with Crippen molar-refractivity contribution in [3.05, 3.63) is 119 Å². The van der Waals surface area contributed by atoms with Crippen LogP contribution in [0.15, 0.2) is 91.0 Å². The van der Waals surface area contributed by atoms with E-state index in [2.05, 4.69) is 177 Å². The van der Waals surface area contributed by atoms with Gasteiger partial charge in [-0.05, 0) is 122 Å². The summed E-state index contributed by atoms with van der Waals surface area (Å²) in [6.45, 7) is 26.7. The molecule has 1 N–H and O–H groups in total. The highest BCUT2D eigenvalue weighted by Crippen LogP contribution is 2.51. The number of imidazole rings is 1. The number of rotatable bonds is 3. The van der Waals surface area contributed by atoms with Crippen molar-refractivity contribution < 1.29 is 0 Å². The largest absolute Gasteiger partial charge is 0.337 e. The van der Waals surface area contributed by atoms with Gasteiger partial charge in [-0.1, -0.05) is 142 Å². The van der Waals surface area contributed by atoms with Gasteiger partial charge in [0.1, 0.15) is 5.82 Å². The lowest BCUT2D eigenvalue weighted by Gasteiger charge is -2.45. The van der Waals surface area contributed by atoms with Crippen LogP contribution in [0.2, 0.25) is 0 Å². The van der Waals surface area contributed by atoms with Crippen LogP contribution >= 0.6 is 0 Å². The normalized spacial score (nSPS) is 18.9. The molecule has 0 bridgehead atoms. The minimum absolute atomic E-state index is 0.0590. The smallest absolute Gasteiger partial charge is 0.198 e. The van der Waals surface area contributed by atoms with E-state index in [1.54, 1.807) is 0 Å². The SMILES string of the molecule is CC(C)(C)c1cc(-c2cccc3nc(-c4ccccc4)[nH]c23)c2c(c1)N(c1ccc3c(c1)C(C)(C)CCC3(C)C)c1cc3c(cc1B2)C(C)(C)CCC3(C)C. The molecule has 55 heavy (non-hydrogen) atoms. The van der Waals surface area contributed by atoms with Crippen molar-refractivity contribution in [1.82, 2.24) is 9.97 Å². The molecule has 0 unspecified atom stereocenters. The van der Waals surface area contributed by atoms with Crippen molar-refractivity contribution in [1.29, 1.82) is 0 Å². The number of fused-ring (bicyclic) bond motifs is 5. The fourth-order valence-corrected chi connectivity index (χ4v) is 10.0. The van der Waals surface area contributed by atoms with E-state index < -0.39 is 0 Å². The highest BCUT2D eigenvalue weighted by molar-refractivity contribution is 6.73. The molecule has 1 aromatic heterocycles. The van der Waals surface area contributed by atoms with E-state index in [0.29, 0.717) is 0 Å². The molecule has 2 aliphatic carbocycles. The number of nitrogens with zero attached hydrogens (tertiary/aromatic N) is 2. The van der Waals surface area contributed by atoms with Crippen molar-refractivity contribution in [2.75, 3.05) is 4.90 Å². The summed E-state index contributed by atoms with van der Waals surface area (Å²) in [7, 11) is 0.879. The van der Waals surface area contributed by atoms with Crippen LogP contribution in [0.1, 0.15) is 130 Å². The van der Waals surface area contributed by atoms with Gasteiger partial charge in [0.2, 0.25) is 0 Å². The van der Waals surface area contributed by atoms with Gasteiger partial charge >= 0.3 is 0 Å². The van der Waals surface area contributed by atoms with E-state index in [4.69, 9.17) is 4.98 Å². The summed E-state index contributed by atoms with van der Waals surface area (Å²) in [6.07, 6.45) is 4.80. The molecule has 6 aromatic rings. The molecule has 0 fully saturated rings. The highest BCUT2D eigenvalue weighted by Gasteiger charge is 2.41. The van der Waals surface area contributed by atoms with Crippen molar-refractivity contribution in [3.63, 3.8) is 0 Å². The lowest BCUT2D eigenvalue weighted by atomic mass is 9.55. The van der Waals surface area contributed by atoms with E-state index >= 15 is 0 Å². The zero-order chi connectivity index (χ0) is 38.9. The Hall–Kier alpha value is -4.57. The lowest BCUT2D eigenvalue weighted by molar-refractivity contribution is 0.332. The van der Waals surface area contributed by atoms with Crippen LogP contribution in [-0.2, 0) is 27.1 Å². The fraction of sp³-hybridized carbons (Fsp3) is 0.392. The van der Waals surface area contributed by atoms with Gasteiger partial charge in [-0.25, -0.2) is 4.98 Å². The maximum Gasteiger partial charge on any atom is 0.198 e. The van der Waals surface area contributed by atoms with Gasteiger partial charge in [-0.2, -0.15) is 0 Å². The number of hydrogen-bond donors (Lipinski definition) is 1. The van der Waals surface area contributed by atoms with Crippen LogP contribution in [0.4, 0.5) is 17.1 Å². The minimum atomic E-state index is -0.0590. The molecular formula is C51H58BN3. The Bertz CT molecular complexity index is 2510. The number of aromatic amines is 1. The van der Waals surface area contributed by atoms with Gasteiger partial charge in [-0.3, -0.25) is 0 Å². The van der Waals surface area contributed by atoms with E-state index in [0.717, 1.165) is 29.7 Å². The molecule has 1 aliphatic heterocycles. The molecule has 9 rings (SSSR count). The molecular weight excluding hydrogens is 665 g/mol. The number of nitrogens with one attached hydrogen (secondary N) is 1. The first kappa shape index (κ1) is 36.1. The fourth-order valence-electron chi connectivity index (χ4n) is 10.0. The van der Waals surface area contributed by atoms with Crippen LogP contribution in [-0.4, -0.2) is 17.2 Å². The first-order valence-electron chi connectivity index (χ1n) is 20.7. The first-order valence-corrected chi connectivity index (χ1v) is 20.7. The summed E-state index contributed by atoms with van der Waals surface area (Å²) in [5.41, 5.74) is 20.2. The molecule has 3 nitrogen and oxygen atoms in total. The Morgan fingerprint density at radius 1 is 0.600 bits per heavy atom.